The number of rotatable bonds is 4. The lowest BCUT2D eigenvalue weighted by molar-refractivity contribution is -0.0925. The van der Waals surface area contributed by atoms with Crippen LogP contribution in [0.4, 0.5) is 0 Å². The third-order valence-electron chi connectivity index (χ3n) is 9.90. The fourth-order valence-corrected chi connectivity index (χ4v) is 8.01. The van der Waals surface area contributed by atoms with Crippen LogP contribution in [0.5, 0.6) is 0 Å². The predicted molar refractivity (Wildman–Crippen MR) is 124 cm³/mol. The average molecular weight is 397 g/mol. The minimum absolute atomic E-state index is 0.0469. The normalized spacial score (nSPS) is 42.9. The second kappa shape index (κ2) is 7.40. The third-order valence-corrected chi connectivity index (χ3v) is 9.90. The summed E-state index contributed by atoms with van der Waals surface area (Å²) in [4.78, 5) is 0. The molecule has 0 aromatic carbocycles. The molecule has 0 heterocycles. The van der Waals surface area contributed by atoms with Gasteiger partial charge in [0.25, 0.3) is 0 Å². The Balaban J connectivity index is 1.57. The Labute approximate surface area is 179 Å². The molecule has 6 unspecified atom stereocenters. The molecule has 0 saturated heterocycles. The van der Waals surface area contributed by atoms with Crippen LogP contribution in [0.25, 0.3) is 0 Å². The van der Waals surface area contributed by atoms with Crippen molar-refractivity contribution in [1.82, 2.24) is 0 Å². The summed E-state index contributed by atoms with van der Waals surface area (Å²) in [7, 11) is 0. The van der Waals surface area contributed by atoms with Crippen LogP contribution in [0.3, 0.4) is 0 Å². The highest BCUT2D eigenvalue weighted by Gasteiger charge is 2.57. The van der Waals surface area contributed by atoms with Crippen molar-refractivity contribution in [2.24, 2.45) is 34.0 Å². The molecule has 4 rings (SSSR count). The Hall–Kier alpha value is -0.820. The fraction of sp³-hybridized carbons (Fsp3) is 0.786. The average Bonchev–Trinajstić information content (AvgIpc) is 2.99. The molecule has 162 valence electrons. The van der Waals surface area contributed by atoms with Gasteiger partial charge < -0.3 is 5.11 Å². The Morgan fingerprint density at radius 3 is 2.55 bits per heavy atom. The van der Waals surface area contributed by atoms with Crippen LogP contribution in [-0.2, 0) is 0 Å². The maximum absolute atomic E-state index is 10.7. The minimum atomic E-state index is -0.131. The Morgan fingerprint density at radius 1 is 1.07 bits per heavy atom. The summed E-state index contributed by atoms with van der Waals surface area (Å²) in [5.41, 5.74) is 5.88. The second-order valence-corrected chi connectivity index (χ2v) is 12.1. The first-order valence-corrected chi connectivity index (χ1v) is 12.3. The van der Waals surface area contributed by atoms with E-state index in [9.17, 15) is 5.11 Å². The molecule has 0 aliphatic heterocycles. The predicted octanol–water partition coefficient (Wildman–Crippen LogP) is 7.62. The van der Waals surface area contributed by atoms with Gasteiger partial charge >= 0.3 is 0 Å². The van der Waals surface area contributed by atoms with Gasteiger partial charge in [0.2, 0.25) is 0 Å². The zero-order valence-corrected chi connectivity index (χ0v) is 19.9. The smallest absolute Gasteiger partial charge is 0.0594 e. The summed E-state index contributed by atoms with van der Waals surface area (Å²) in [5.74, 6) is 2.06. The molecular weight excluding hydrogens is 352 g/mol. The molecule has 0 spiro atoms. The summed E-state index contributed by atoms with van der Waals surface area (Å²) >= 11 is 0. The van der Waals surface area contributed by atoms with Crippen molar-refractivity contribution < 1.29 is 5.11 Å². The van der Waals surface area contributed by atoms with Crippen LogP contribution in [-0.4, -0.2) is 11.2 Å². The molecular formula is C28H44O. The summed E-state index contributed by atoms with van der Waals surface area (Å²) in [6.45, 7) is 14.2. The summed E-state index contributed by atoms with van der Waals surface area (Å²) in [5, 5.41) is 10.7. The van der Waals surface area contributed by atoms with Crippen molar-refractivity contribution in [2.75, 3.05) is 0 Å². The van der Waals surface area contributed by atoms with E-state index < -0.39 is 0 Å². The summed E-state index contributed by atoms with van der Waals surface area (Å²) < 4.78 is 0. The van der Waals surface area contributed by atoms with Gasteiger partial charge in [-0.25, -0.2) is 0 Å². The molecule has 4 aliphatic rings. The molecule has 0 amide bonds. The van der Waals surface area contributed by atoms with E-state index >= 15 is 0 Å². The number of fused-ring (bicyclic) bond motifs is 4. The molecule has 1 heteroatoms. The van der Waals surface area contributed by atoms with Crippen LogP contribution in [0, 0.1) is 34.0 Å². The van der Waals surface area contributed by atoms with E-state index in [1.807, 2.05) is 11.1 Å². The van der Waals surface area contributed by atoms with E-state index in [1.165, 1.54) is 56.9 Å². The van der Waals surface area contributed by atoms with Gasteiger partial charge in [-0.3, -0.25) is 0 Å². The van der Waals surface area contributed by atoms with E-state index in [-0.39, 0.29) is 11.5 Å². The molecule has 6 atom stereocenters. The molecule has 0 aromatic heterocycles. The van der Waals surface area contributed by atoms with Gasteiger partial charge in [-0.2, -0.15) is 0 Å². The van der Waals surface area contributed by atoms with Crippen molar-refractivity contribution in [2.45, 2.75) is 105 Å². The van der Waals surface area contributed by atoms with Crippen LogP contribution >= 0.6 is 0 Å². The van der Waals surface area contributed by atoms with Gasteiger partial charge in [-0.15, -0.1) is 0 Å². The van der Waals surface area contributed by atoms with Gasteiger partial charge in [-0.1, -0.05) is 62.6 Å². The highest BCUT2D eigenvalue weighted by Crippen LogP contribution is 2.66. The lowest BCUT2D eigenvalue weighted by atomic mass is 9.46. The molecule has 1 nitrogen and oxygen atoms in total. The van der Waals surface area contributed by atoms with E-state index in [0.717, 1.165) is 12.3 Å². The Bertz CT molecular complexity index is 733. The number of aliphatic hydroxyl groups is 1. The molecule has 4 aliphatic carbocycles. The molecule has 1 fully saturated rings. The number of unbranched alkanes of at least 4 members (excludes halogenated alkanes) is 1. The molecule has 0 aromatic rings. The standard InChI is InChI=1S/C28H44O/c1-19(2)9-7-8-10-20-11-13-22-21-12-14-24-26(3,4)25(29)16-18-28(24,6)23(21)15-17-27(20,22)5/h9,11,13,20,22,24-25,29H,7-8,10,12,14-18H2,1-6H3. The van der Waals surface area contributed by atoms with Gasteiger partial charge in [0.15, 0.2) is 0 Å². The number of hydrogen-bond acceptors (Lipinski definition) is 1. The minimum Gasteiger partial charge on any atom is -0.393 e. The summed E-state index contributed by atoms with van der Waals surface area (Å²) in [6.07, 6.45) is 18.7. The van der Waals surface area contributed by atoms with E-state index in [2.05, 4.69) is 59.8 Å². The maximum Gasteiger partial charge on any atom is 0.0594 e. The van der Waals surface area contributed by atoms with Crippen LogP contribution in [0.1, 0.15) is 99.3 Å². The van der Waals surface area contributed by atoms with E-state index in [0.29, 0.717) is 22.7 Å². The van der Waals surface area contributed by atoms with Gasteiger partial charge in [0.05, 0.1) is 6.10 Å². The molecule has 1 N–H and O–H groups in total. The van der Waals surface area contributed by atoms with Gasteiger partial charge in [0.1, 0.15) is 0 Å². The summed E-state index contributed by atoms with van der Waals surface area (Å²) in [6, 6.07) is 0. The molecule has 0 radical (unpaired) electrons. The SMILES string of the molecule is CC(C)=CCCCC1C=CC2C3=C(CCC12C)C1(C)CCC(O)C(C)(C)C1CC3. The highest BCUT2D eigenvalue weighted by molar-refractivity contribution is 5.39. The Morgan fingerprint density at radius 2 is 1.83 bits per heavy atom. The van der Waals surface area contributed by atoms with Crippen molar-refractivity contribution in [3.05, 3.63) is 34.9 Å². The molecule has 29 heavy (non-hydrogen) atoms. The van der Waals surface area contributed by atoms with Crippen LogP contribution in [0.15, 0.2) is 34.9 Å². The van der Waals surface area contributed by atoms with Crippen molar-refractivity contribution >= 4 is 0 Å². The number of allylic oxidation sites excluding steroid dienone is 6. The second-order valence-electron chi connectivity index (χ2n) is 12.1. The first kappa shape index (κ1) is 21.4. The number of hydrogen-bond donors (Lipinski definition) is 1. The third kappa shape index (κ3) is 3.31. The highest BCUT2D eigenvalue weighted by atomic mass is 16.3. The van der Waals surface area contributed by atoms with Crippen LogP contribution < -0.4 is 0 Å². The van der Waals surface area contributed by atoms with Crippen LogP contribution in [0.2, 0.25) is 0 Å². The fourth-order valence-electron chi connectivity index (χ4n) is 8.01. The first-order chi connectivity index (χ1) is 13.6. The lowest BCUT2D eigenvalue weighted by Crippen LogP contribution is -2.53. The van der Waals surface area contributed by atoms with Gasteiger partial charge in [-0.05, 0) is 99.7 Å². The van der Waals surface area contributed by atoms with Crippen molar-refractivity contribution in [3.63, 3.8) is 0 Å². The first-order valence-electron chi connectivity index (χ1n) is 12.3. The molecule has 1 saturated carbocycles. The van der Waals surface area contributed by atoms with Crippen molar-refractivity contribution in [3.8, 4) is 0 Å². The lowest BCUT2D eigenvalue weighted by Gasteiger charge is -2.59. The zero-order valence-electron chi connectivity index (χ0n) is 19.9. The van der Waals surface area contributed by atoms with Crippen molar-refractivity contribution in [1.29, 1.82) is 0 Å². The molecule has 0 bridgehead atoms. The zero-order chi connectivity index (χ0) is 21.0. The monoisotopic (exact) mass is 396 g/mol. The largest absolute Gasteiger partial charge is 0.393 e. The van der Waals surface area contributed by atoms with E-state index in [4.69, 9.17) is 0 Å². The Kier molecular flexibility index (Phi) is 5.46. The maximum atomic E-state index is 10.7. The topological polar surface area (TPSA) is 20.2 Å². The quantitative estimate of drug-likeness (QED) is 0.383. The number of aliphatic hydroxyl groups excluding tert-OH is 1. The van der Waals surface area contributed by atoms with E-state index in [1.54, 1.807) is 0 Å². The van der Waals surface area contributed by atoms with Gasteiger partial charge in [0, 0.05) is 5.92 Å².